The molecule has 2 fully saturated rings. The maximum atomic E-state index is 9.49. The third-order valence-electron chi connectivity index (χ3n) is 2.41. The van der Waals surface area contributed by atoms with Crippen LogP contribution in [0.4, 0.5) is 0 Å². The van der Waals surface area contributed by atoms with E-state index in [0.29, 0.717) is 13.1 Å². The van der Waals surface area contributed by atoms with E-state index in [-0.39, 0.29) is 0 Å². The Labute approximate surface area is 72.4 Å². The molecule has 70 valence electrons. The van der Waals surface area contributed by atoms with Gasteiger partial charge in [-0.3, -0.25) is 9.80 Å². The van der Waals surface area contributed by atoms with Crippen LogP contribution in [0.3, 0.4) is 0 Å². The van der Waals surface area contributed by atoms with Crippen LogP contribution in [0.5, 0.6) is 0 Å². The largest absolute Gasteiger partial charge is 0.389 e. The molecular weight excluding hydrogens is 156 g/mol. The molecule has 0 radical (unpaired) electrons. The normalized spacial score (nSPS) is 28.5. The highest BCUT2D eigenvalue weighted by Gasteiger charge is 2.28. The van der Waals surface area contributed by atoms with Gasteiger partial charge in [-0.25, -0.2) is 0 Å². The van der Waals surface area contributed by atoms with Gasteiger partial charge in [-0.15, -0.1) is 0 Å². The highest BCUT2D eigenvalue weighted by molar-refractivity contribution is 4.83. The molecule has 2 N–H and O–H groups in total. The summed E-state index contributed by atoms with van der Waals surface area (Å²) in [6.45, 7) is 5.58. The van der Waals surface area contributed by atoms with E-state index >= 15 is 0 Å². The number of rotatable bonds is 5. The van der Waals surface area contributed by atoms with Gasteiger partial charge in [-0.05, 0) is 0 Å². The minimum atomic E-state index is -0.562. The molecule has 2 rings (SSSR count). The first-order chi connectivity index (χ1) is 5.75. The molecule has 2 atom stereocenters. The maximum absolute atomic E-state index is 9.49. The van der Waals surface area contributed by atoms with Crippen LogP contribution in [-0.2, 0) is 0 Å². The van der Waals surface area contributed by atoms with Gasteiger partial charge in [-0.2, -0.15) is 0 Å². The van der Waals surface area contributed by atoms with E-state index in [0.717, 1.165) is 26.2 Å². The highest BCUT2D eigenvalue weighted by Crippen LogP contribution is 2.10. The van der Waals surface area contributed by atoms with Crippen molar-refractivity contribution in [3.8, 4) is 0 Å². The van der Waals surface area contributed by atoms with E-state index in [1.54, 1.807) is 0 Å². The summed E-state index contributed by atoms with van der Waals surface area (Å²) in [5, 5.41) is 19.0. The summed E-state index contributed by atoms with van der Waals surface area (Å²) in [7, 11) is 0. The molecule has 0 unspecified atom stereocenters. The number of aliphatic hydroxyl groups excluding tert-OH is 2. The van der Waals surface area contributed by atoms with Crippen LogP contribution in [-0.4, -0.2) is 71.5 Å². The predicted octanol–water partition coefficient (Wildman–Crippen LogP) is -1.66. The summed E-state index contributed by atoms with van der Waals surface area (Å²) in [6.07, 6.45) is -1.12. The summed E-state index contributed by atoms with van der Waals surface area (Å²) in [4.78, 5) is 4.24. The topological polar surface area (TPSA) is 46.5 Å². The van der Waals surface area contributed by atoms with Crippen molar-refractivity contribution in [3.63, 3.8) is 0 Å². The fraction of sp³-hybridized carbons (Fsp3) is 1.00. The molecule has 0 aliphatic carbocycles. The fourth-order valence-electron chi connectivity index (χ4n) is 1.28. The lowest BCUT2D eigenvalue weighted by atomic mass is 10.2. The van der Waals surface area contributed by atoms with E-state index < -0.39 is 12.2 Å². The van der Waals surface area contributed by atoms with Crippen LogP contribution in [0.1, 0.15) is 0 Å². The van der Waals surface area contributed by atoms with Gasteiger partial charge in [0.2, 0.25) is 0 Å². The molecule has 4 heteroatoms. The second-order valence-electron chi connectivity index (χ2n) is 3.74. The maximum Gasteiger partial charge on any atom is 0.0938 e. The van der Waals surface area contributed by atoms with E-state index in [9.17, 15) is 10.2 Å². The minimum absolute atomic E-state index is 0.562. The van der Waals surface area contributed by atoms with Crippen LogP contribution in [0, 0.1) is 0 Å². The molecule has 0 aromatic carbocycles. The van der Waals surface area contributed by atoms with Crippen molar-refractivity contribution < 1.29 is 10.2 Å². The van der Waals surface area contributed by atoms with Crippen LogP contribution < -0.4 is 0 Å². The summed E-state index contributed by atoms with van der Waals surface area (Å²) < 4.78 is 0. The zero-order valence-electron chi connectivity index (χ0n) is 7.19. The molecule has 0 amide bonds. The Morgan fingerprint density at radius 3 is 1.42 bits per heavy atom. The zero-order valence-corrected chi connectivity index (χ0v) is 7.19. The van der Waals surface area contributed by atoms with Gasteiger partial charge in [0.05, 0.1) is 12.2 Å². The Balaban J connectivity index is 1.65. The molecule has 0 saturated carbocycles. The Morgan fingerprint density at radius 1 is 0.833 bits per heavy atom. The first-order valence-corrected chi connectivity index (χ1v) is 4.56. The fourth-order valence-corrected chi connectivity index (χ4v) is 1.28. The number of hydrogen-bond donors (Lipinski definition) is 2. The van der Waals surface area contributed by atoms with Gasteiger partial charge in [0.1, 0.15) is 0 Å². The number of nitrogens with zero attached hydrogens (tertiary/aromatic N) is 2. The van der Waals surface area contributed by atoms with Gasteiger partial charge in [0.25, 0.3) is 0 Å². The number of aliphatic hydroxyl groups is 2. The average molecular weight is 172 g/mol. The molecule has 2 aliphatic rings. The lowest BCUT2D eigenvalue weighted by Crippen LogP contribution is -2.37. The molecule has 0 aromatic heterocycles. The first-order valence-electron chi connectivity index (χ1n) is 4.56. The van der Waals surface area contributed by atoms with Crippen molar-refractivity contribution in [1.29, 1.82) is 0 Å². The van der Waals surface area contributed by atoms with Crippen LogP contribution in [0.2, 0.25) is 0 Å². The van der Waals surface area contributed by atoms with Crippen molar-refractivity contribution in [2.24, 2.45) is 0 Å². The van der Waals surface area contributed by atoms with Crippen LogP contribution in [0.25, 0.3) is 0 Å². The number of hydrogen-bond acceptors (Lipinski definition) is 4. The van der Waals surface area contributed by atoms with Gasteiger partial charge < -0.3 is 10.2 Å². The molecule has 0 aromatic rings. The highest BCUT2D eigenvalue weighted by atomic mass is 16.3. The summed E-state index contributed by atoms with van der Waals surface area (Å²) in [5.41, 5.74) is 0. The zero-order chi connectivity index (χ0) is 8.55. The Bertz CT molecular complexity index is 139. The minimum Gasteiger partial charge on any atom is -0.389 e. The molecule has 4 nitrogen and oxygen atoms in total. The van der Waals surface area contributed by atoms with E-state index in [2.05, 4.69) is 9.80 Å². The second-order valence-corrected chi connectivity index (χ2v) is 3.74. The third kappa shape index (κ3) is 2.42. The second kappa shape index (κ2) is 3.30. The van der Waals surface area contributed by atoms with Crippen LogP contribution >= 0.6 is 0 Å². The Hall–Kier alpha value is -0.160. The van der Waals surface area contributed by atoms with Crippen molar-refractivity contribution in [3.05, 3.63) is 0 Å². The Kier molecular flexibility index (Phi) is 2.32. The van der Waals surface area contributed by atoms with Crippen molar-refractivity contribution in [2.45, 2.75) is 12.2 Å². The van der Waals surface area contributed by atoms with Gasteiger partial charge >= 0.3 is 0 Å². The number of β-amino-alcohol motifs (C(OH)–C–C–N with tert-alkyl or cyclic N) is 2. The SMILES string of the molecule is O[C@H](CN1CC1)[C@H](O)CN1CC1. The molecule has 12 heavy (non-hydrogen) atoms. The van der Waals surface area contributed by atoms with E-state index in [1.165, 1.54) is 0 Å². The molecule has 0 spiro atoms. The van der Waals surface area contributed by atoms with Crippen molar-refractivity contribution >= 4 is 0 Å². The third-order valence-corrected chi connectivity index (χ3v) is 2.41. The quantitative estimate of drug-likeness (QED) is 0.487. The molecule has 2 heterocycles. The average Bonchev–Trinajstić information content (AvgIpc) is 2.79. The van der Waals surface area contributed by atoms with Crippen molar-refractivity contribution in [1.82, 2.24) is 9.80 Å². The standard InChI is InChI=1S/C8H16N2O2/c11-7(5-9-1-2-9)8(12)6-10-3-4-10/h7-8,11-12H,1-6H2/t7-,8-/m1/s1. The van der Waals surface area contributed by atoms with Crippen LogP contribution in [0.15, 0.2) is 0 Å². The van der Waals surface area contributed by atoms with Crippen molar-refractivity contribution in [2.75, 3.05) is 39.3 Å². The summed E-state index contributed by atoms with van der Waals surface area (Å²) in [5.74, 6) is 0. The monoisotopic (exact) mass is 172 g/mol. The molecular formula is C8H16N2O2. The summed E-state index contributed by atoms with van der Waals surface area (Å²) >= 11 is 0. The van der Waals surface area contributed by atoms with Gasteiger partial charge in [0.15, 0.2) is 0 Å². The van der Waals surface area contributed by atoms with Gasteiger partial charge in [-0.1, -0.05) is 0 Å². The lowest BCUT2D eigenvalue weighted by Gasteiger charge is -2.18. The van der Waals surface area contributed by atoms with Gasteiger partial charge in [0, 0.05) is 39.3 Å². The smallest absolute Gasteiger partial charge is 0.0938 e. The molecule has 0 bridgehead atoms. The first kappa shape index (κ1) is 8.44. The molecule has 2 saturated heterocycles. The molecule has 2 aliphatic heterocycles. The van der Waals surface area contributed by atoms with E-state index in [1.807, 2.05) is 0 Å². The lowest BCUT2D eigenvalue weighted by molar-refractivity contribution is 0.00550. The summed E-state index contributed by atoms with van der Waals surface area (Å²) in [6, 6.07) is 0. The predicted molar refractivity (Wildman–Crippen MR) is 44.9 cm³/mol. The Morgan fingerprint density at radius 2 is 1.17 bits per heavy atom. The van der Waals surface area contributed by atoms with E-state index in [4.69, 9.17) is 0 Å².